The van der Waals surface area contributed by atoms with Gasteiger partial charge in [-0.2, -0.15) is 0 Å². The van der Waals surface area contributed by atoms with Gasteiger partial charge in [0.2, 0.25) is 0 Å². The first-order valence-electron chi connectivity index (χ1n) is 11.9. The van der Waals surface area contributed by atoms with Crippen LogP contribution < -0.4 is 0 Å². The van der Waals surface area contributed by atoms with Gasteiger partial charge in [-0.3, -0.25) is 0 Å². The average Bonchev–Trinajstić information content (AvgIpc) is 3.19. The van der Waals surface area contributed by atoms with Crippen LogP contribution >= 0.6 is 0 Å². The van der Waals surface area contributed by atoms with Crippen molar-refractivity contribution in [2.45, 2.75) is 92.9 Å². The van der Waals surface area contributed by atoms with E-state index in [4.69, 9.17) is 0 Å². The summed E-state index contributed by atoms with van der Waals surface area (Å²) in [4.78, 5) is 0. The Bertz CT molecular complexity index is 1110. The van der Waals surface area contributed by atoms with Crippen LogP contribution in [0.4, 0.5) is 0 Å². The number of allylic oxidation sites excluding steroid dienone is 4. The molecule has 0 saturated heterocycles. The number of hydrogen-bond donors (Lipinski definition) is 0. The molecule has 2 aromatic rings. The van der Waals surface area contributed by atoms with Crippen LogP contribution in [0, 0.1) is 5.41 Å². The van der Waals surface area contributed by atoms with Crippen molar-refractivity contribution >= 4 is 5.57 Å². The Morgan fingerprint density at radius 3 is 1.87 bits per heavy atom. The minimum Gasteiger partial charge on any atom is -0.0601 e. The van der Waals surface area contributed by atoms with Gasteiger partial charge in [0.05, 0.1) is 0 Å². The molecular weight excluding hydrogens is 372 g/mol. The molecule has 0 spiro atoms. The van der Waals surface area contributed by atoms with Crippen LogP contribution in [0.5, 0.6) is 0 Å². The van der Waals surface area contributed by atoms with Crippen LogP contribution in [-0.2, 0) is 17.3 Å². The molecule has 0 amide bonds. The Labute approximate surface area is 190 Å². The summed E-state index contributed by atoms with van der Waals surface area (Å²) < 4.78 is 0. The highest BCUT2D eigenvalue weighted by atomic mass is 14.4. The van der Waals surface area contributed by atoms with E-state index >= 15 is 0 Å². The summed E-state index contributed by atoms with van der Waals surface area (Å²) >= 11 is 0. The summed E-state index contributed by atoms with van der Waals surface area (Å²) in [6, 6.07) is 12.0. The molecule has 0 aliphatic heterocycles. The standard InChI is InChI=1S/C31H40/c1-19-15-22(30(5,6)7)18-25(19)28-26-17-20-16-21(29(2,3)4)11-12-23(20)24(26)13-14-27(28)31(8,9)10/h11-16H,17-18H2,1-10H3. The second-order valence-electron chi connectivity index (χ2n) is 12.8. The van der Waals surface area contributed by atoms with E-state index in [2.05, 4.69) is 106 Å². The molecule has 0 nitrogen and oxygen atoms in total. The van der Waals surface area contributed by atoms with Crippen LogP contribution in [0.2, 0.25) is 0 Å². The zero-order chi connectivity index (χ0) is 22.9. The second kappa shape index (κ2) is 6.96. The zero-order valence-corrected chi connectivity index (χ0v) is 21.4. The van der Waals surface area contributed by atoms with Crippen molar-refractivity contribution in [3.05, 3.63) is 75.4 Å². The lowest BCUT2D eigenvalue weighted by Crippen LogP contribution is -2.16. The molecule has 31 heavy (non-hydrogen) atoms. The van der Waals surface area contributed by atoms with Crippen molar-refractivity contribution in [3.8, 4) is 11.1 Å². The lowest BCUT2D eigenvalue weighted by molar-refractivity contribution is 0.497. The molecule has 164 valence electrons. The van der Waals surface area contributed by atoms with Gasteiger partial charge < -0.3 is 0 Å². The zero-order valence-electron chi connectivity index (χ0n) is 21.4. The Morgan fingerprint density at radius 1 is 0.677 bits per heavy atom. The highest BCUT2D eigenvalue weighted by molar-refractivity contribution is 5.88. The largest absolute Gasteiger partial charge is 0.0601 e. The maximum absolute atomic E-state index is 2.46. The predicted octanol–water partition coefficient (Wildman–Crippen LogP) is 9.00. The molecule has 0 heterocycles. The molecule has 0 bridgehead atoms. The minimum absolute atomic E-state index is 0.119. The molecule has 0 atom stereocenters. The molecule has 4 rings (SSSR count). The predicted molar refractivity (Wildman–Crippen MR) is 137 cm³/mol. The lowest BCUT2D eigenvalue weighted by atomic mass is 9.76. The van der Waals surface area contributed by atoms with Crippen molar-refractivity contribution in [2.24, 2.45) is 5.41 Å². The molecule has 2 aliphatic rings. The first kappa shape index (κ1) is 22.1. The topological polar surface area (TPSA) is 0 Å². The van der Waals surface area contributed by atoms with Crippen molar-refractivity contribution in [3.63, 3.8) is 0 Å². The summed E-state index contributed by atoms with van der Waals surface area (Å²) in [5, 5.41) is 0. The summed E-state index contributed by atoms with van der Waals surface area (Å²) in [6.45, 7) is 23.4. The van der Waals surface area contributed by atoms with E-state index in [0.717, 1.165) is 12.8 Å². The third-order valence-corrected chi connectivity index (χ3v) is 7.25. The van der Waals surface area contributed by atoms with E-state index in [1.807, 2.05) is 0 Å². The van der Waals surface area contributed by atoms with Crippen LogP contribution in [0.1, 0.15) is 103 Å². The molecule has 2 aromatic carbocycles. The van der Waals surface area contributed by atoms with E-state index in [0.29, 0.717) is 0 Å². The fourth-order valence-corrected chi connectivity index (χ4v) is 5.21. The Hall–Kier alpha value is -2.08. The van der Waals surface area contributed by atoms with E-state index in [9.17, 15) is 0 Å². The number of hydrogen-bond acceptors (Lipinski definition) is 0. The molecule has 0 aromatic heterocycles. The third-order valence-electron chi connectivity index (χ3n) is 7.25. The van der Waals surface area contributed by atoms with Gasteiger partial charge in [-0.1, -0.05) is 104 Å². The molecule has 0 heteroatoms. The fourth-order valence-electron chi connectivity index (χ4n) is 5.21. The first-order chi connectivity index (χ1) is 14.2. The van der Waals surface area contributed by atoms with E-state index in [1.54, 1.807) is 16.7 Å². The smallest absolute Gasteiger partial charge is 0.000719 e. The SMILES string of the molecule is CC1=C(c2c(C(C)(C)C)ccc3c2Cc2cc(C(C)(C)C)ccc2-3)CC(C(C)(C)C)=C1. The van der Waals surface area contributed by atoms with Crippen molar-refractivity contribution in [2.75, 3.05) is 0 Å². The van der Waals surface area contributed by atoms with Gasteiger partial charge >= 0.3 is 0 Å². The van der Waals surface area contributed by atoms with Gasteiger partial charge in [0.15, 0.2) is 0 Å². The van der Waals surface area contributed by atoms with Gasteiger partial charge in [0.1, 0.15) is 0 Å². The second-order valence-corrected chi connectivity index (χ2v) is 12.8. The van der Waals surface area contributed by atoms with E-state index in [-0.39, 0.29) is 16.2 Å². The van der Waals surface area contributed by atoms with Gasteiger partial charge in [-0.25, -0.2) is 0 Å². The molecular formula is C31H40. The minimum atomic E-state index is 0.119. The van der Waals surface area contributed by atoms with Crippen molar-refractivity contribution < 1.29 is 0 Å². The van der Waals surface area contributed by atoms with Crippen LogP contribution in [-0.4, -0.2) is 0 Å². The summed E-state index contributed by atoms with van der Waals surface area (Å²) in [5.41, 5.74) is 15.5. The maximum atomic E-state index is 2.46. The highest BCUT2D eigenvalue weighted by Gasteiger charge is 2.32. The molecule has 0 fully saturated rings. The first-order valence-corrected chi connectivity index (χ1v) is 11.9. The average molecular weight is 413 g/mol. The lowest BCUT2D eigenvalue weighted by Gasteiger charge is -2.28. The highest BCUT2D eigenvalue weighted by Crippen LogP contribution is 2.49. The molecule has 2 aliphatic carbocycles. The number of benzene rings is 2. The number of rotatable bonds is 1. The summed E-state index contributed by atoms with van der Waals surface area (Å²) in [7, 11) is 0. The van der Waals surface area contributed by atoms with Gasteiger partial charge in [-0.15, -0.1) is 0 Å². The summed E-state index contributed by atoms with van der Waals surface area (Å²) in [6.07, 6.45) is 4.59. The van der Waals surface area contributed by atoms with E-state index < -0.39 is 0 Å². The maximum Gasteiger partial charge on any atom is -0.000719 e. The molecule has 0 N–H and O–H groups in total. The van der Waals surface area contributed by atoms with E-state index in [1.165, 1.54) is 39.0 Å². The molecule has 0 radical (unpaired) electrons. The Kier molecular flexibility index (Phi) is 4.97. The molecule has 0 saturated carbocycles. The molecule has 0 unspecified atom stereocenters. The van der Waals surface area contributed by atoms with Gasteiger partial charge in [0.25, 0.3) is 0 Å². The van der Waals surface area contributed by atoms with Crippen molar-refractivity contribution in [1.29, 1.82) is 0 Å². The van der Waals surface area contributed by atoms with Crippen LogP contribution in [0.3, 0.4) is 0 Å². The fraction of sp³-hybridized carbons (Fsp3) is 0.484. The quantitative estimate of drug-likeness (QED) is 0.374. The normalized spacial score (nSPS) is 16.5. The monoisotopic (exact) mass is 412 g/mol. The number of fused-ring (bicyclic) bond motifs is 3. The van der Waals surface area contributed by atoms with Crippen LogP contribution in [0.15, 0.2) is 47.6 Å². The van der Waals surface area contributed by atoms with Crippen molar-refractivity contribution in [1.82, 2.24) is 0 Å². The van der Waals surface area contributed by atoms with Gasteiger partial charge in [-0.05, 0) is 86.1 Å². The Morgan fingerprint density at radius 2 is 1.32 bits per heavy atom. The summed E-state index contributed by atoms with van der Waals surface area (Å²) in [5.74, 6) is 0. The third kappa shape index (κ3) is 3.84. The van der Waals surface area contributed by atoms with Gasteiger partial charge in [0, 0.05) is 0 Å². The Balaban J connectivity index is 1.89. The van der Waals surface area contributed by atoms with Crippen LogP contribution in [0.25, 0.3) is 16.7 Å².